The normalized spacial score (nSPS) is 10.0. The number of anilines is 1. The van der Waals surface area contributed by atoms with Crippen molar-refractivity contribution in [3.63, 3.8) is 0 Å². The summed E-state index contributed by atoms with van der Waals surface area (Å²) in [6, 6.07) is 5.57. The molecule has 0 aromatic heterocycles. The van der Waals surface area contributed by atoms with Crippen molar-refractivity contribution in [2.75, 3.05) is 25.9 Å². The SMILES string of the molecule is COCSc1cc(OC)ccc1N. The van der Waals surface area contributed by atoms with Crippen LogP contribution in [0.5, 0.6) is 5.75 Å². The average molecular weight is 199 g/mol. The minimum Gasteiger partial charge on any atom is -0.497 e. The van der Waals surface area contributed by atoms with E-state index in [1.807, 2.05) is 18.2 Å². The summed E-state index contributed by atoms with van der Waals surface area (Å²) in [5.74, 6) is 1.41. The van der Waals surface area contributed by atoms with Gasteiger partial charge >= 0.3 is 0 Å². The van der Waals surface area contributed by atoms with E-state index in [0.29, 0.717) is 5.94 Å². The van der Waals surface area contributed by atoms with Gasteiger partial charge in [0, 0.05) is 17.7 Å². The third-order valence-electron chi connectivity index (χ3n) is 1.55. The van der Waals surface area contributed by atoms with Crippen molar-refractivity contribution >= 4 is 17.4 Å². The molecule has 0 unspecified atom stereocenters. The van der Waals surface area contributed by atoms with Gasteiger partial charge in [0.05, 0.1) is 13.0 Å². The Morgan fingerprint density at radius 2 is 2.15 bits per heavy atom. The maximum Gasteiger partial charge on any atom is 0.120 e. The van der Waals surface area contributed by atoms with Gasteiger partial charge in [0.15, 0.2) is 0 Å². The number of hydrogen-bond donors (Lipinski definition) is 1. The molecule has 0 spiro atoms. The topological polar surface area (TPSA) is 44.5 Å². The Hall–Kier alpha value is -0.870. The molecule has 0 heterocycles. The van der Waals surface area contributed by atoms with E-state index in [9.17, 15) is 0 Å². The van der Waals surface area contributed by atoms with Gasteiger partial charge in [-0.15, -0.1) is 0 Å². The van der Waals surface area contributed by atoms with Gasteiger partial charge in [-0.25, -0.2) is 0 Å². The summed E-state index contributed by atoms with van der Waals surface area (Å²) in [6.45, 7) is 0. The number of methoxy groups -OCH3 is 2. The molecule has 1 rings (SSSR count). The van der Waals surface area contributed by atoms with Crippen LogP contribution in [0.25, 0.3) is 0 Å². The van der Waals surface area contributed by atoms with Gasteiger partial charge in [0.1, 0.15) is 5.75 Å². The van der Waals surface area contributed by atoms with Crippen LogP contribution in [-0.2, 0) is 4.74 Å². The van der Waals surface area contributed by atoms with Crippen molar-refractivity contribution < 1.29 is 9.47 Å². The standard InChI is InChI=1S/C9H13NO2S/c1-11-6-13-9-5-7(12-2)3-4-8(9)10/h3-5H,6,10H2,1-2H3. The third kappa shape index (κ3) is 2.82. The van der Waals surface area contributed by atoms with Gasteiger partial charge in [0.25, 0.3) is 0 Å². The highest BCUT2D eigenvalue weighted by atomic mass is 32.2. The molecule has 0 fully saturated rings. The van der Waals surface area contributed by atoms with Gasteiger partial charge in [-0.1, -0.05) is 11.8 Å². The first kappa shape index (κ1) is 10.2. The van der Waals surface area contributed by atoms with Gasteiger partial charge in [0.2, 0.25) is 0 Å². The second kappa shape index (κ2) is 4.99. The predicted molar refractivity (Wildman–Crippen MR) is 55.1 cm³/mol. The van der Waals surface area contributed by atoms with Crippen LogP contribution in [0.15, 0.2) is 23.1 Å². The zero-order valence-corrected chi connectivity index (χ0v) is 8.56. The maximum atomic E-state index is 5.75. The highest BCUT2D eigenvalue weighted by molar-refractivity contribution is 7.99. The van der Waals surface area contributed by atoms with Crippen molar-refractivity contribution in [3.05, 3.63) is 18.2 Å². The molecular weight excluding hydrogens is 186 g/mol. The lowest BCUT2D eigenvalue weighted by Crippen LogP contribution is -1.91. The van der Waals surface area contributed by atoms with E-state index in [-0.39, 0.29) is 0 Å². The van der Waals surface area contributed by atoms with Gasteiger partial charge in [-0.2, -0.15) is 0 Å². The molecule has 0 aliphatic carbocycles. The number of nitrogens with two attached hydrogens (primary N) is 1. The summed E-state index contributed by atoms with van der Waals surface area (Å²) in [5, 5.41) is 0. The van der Waals surface area contributed by atoms with E-state index in [2.05, 4.69) is 0 Å². The fourth-order valence-corrected chi connectivity index (χ4v) is 1.57. The van der Waals surface area contributed by atoms with E-state index in [1.165, 1.54) is 0 Å². The molecule has 0 bridgehead atoms. The zero-order valence-electron chi connectivity index (χ0n) is 7.74. The Morgan fingerprint density at radius 3 is 2.77 bits per heavy atom. The highest BCUT2D eigenvalue weighted by Gasteiger charge is 2.01. The van der Waals surface area contributed by atoms with Crippen LogP contribution in [0.3, 0.4) is 0 Å². The van der Waals surface area contributed by atoms with E-state index < -0.39 is 0 Å². The van der Waals surface area contributed by atoms with Gasteiger partial charge in [-0.3, -0.25) is 0 Å². The Kier molecular flexibility index (Phi) is 3.92. The summed E-state index contributed by atoms with van der Waals surface area (Å²) in [5.41, 5.74) is 6.51. The molecule has 0 atom stereocenters. The van der Waals surface area contributed by atoms with Gasteiger partial charge in [-0.05, 0) is 18.2 Å². The van der Waals surface area contributed by atoms with Crippen LogP contribution < -0.4 is 10.5 Å². The minimum absolute atomic E-state index is 0.595. The van der Waals surface area contributed by atoms with E-state index >= 15 is 0 Å². The first-order valence-corrected chi connectivity index (χ1v) is 4.81. The molecule has 13 heavy (non-hydrogen) atoms. The smallest absolute Gasteiger partial charge is 0.120 e. The van der Waals surface area contributed by atoms with E-state index in [4.69, 9.17) is 15.2 Å². The summed E-state index contributed by atoms with van der Waals surface area (Å²) >= 11 is 1.55. The predicted octanol–water partition coefficient (Wildman–Crippen LogP) is 1.97. The quantitative estimate of drug-likeness (QED) is 0.457. The number of benzene rings is 1. The first-order chi connectivity index (χ1) is 6.27. The van der Waals surface area contributed by atoms with Crippen LogP contribution >= 0.6 is 11.8 Å². The molecule has 0 saturated carbocycles. The third-order valence-corrected chi connectivity index (χ3v) is 2.57. The molecular formula is C9H13NO2S. The van der Waals surface area contributed by atoms with Crippen LogP contribution in [0.4, 0.5) is 5.69 Å². The van der Waals surface area contributed by atoms with Crippen molar-refractivity contribution in [3.8, 4) is 5.75 Å². The lowest BCUT2D eigenvalue weighted by molar-refractivity contribution is 0.259. The molecule has 4 heteroatoms. The number of nitrogen functional groups attached to an aromatic ring is 1. The van der Waals surface area contributed by atoms with Crippen molar-refractivity contribution in [2.24, 2.45) is 0 Å². The van der Waals surface area contributed by atoms with Crippen molar-refractivity contribution in [1.29, 1.82) is 0 Å². The number of hydrogen-bond acceptors (Lipinski definition) is 4. The Morgan fingerprint density at radius 1 is 1.38 bits per heavy atom. The molecule has 3 nitrogen and oxygen atoms in total. The fourth-order valence-electron chi connectivity index (χ4n) is 0.889. The van der Waals surface area contributed by atoms with Crippen LogP contribution in [0, 0.1) is 0 Å². The monoisotopic (exact) mass is 199 g/mol. The van der Waals surface area contributed by atoms with Crippen molar-refractivity contribution in [2.45, 2.75) is 4.90 Å². The van der Waals surface area contributed by atoms with E-state index in [1.54, 1.807) is 26.0 Å². The summed E-state index contributed by atoms with van der Waals surface area (Å²) < 4.78 is 10.0. The summed E-state index contributed by atoms with van der Waals surface area (Å²) in [7, 11) is 3.29. The average Bonchev–Trinajstić information content (AvgIpc) is 2.17. The number of rotatable bonds is 4. The molecule has 72 valence electrons. The Labute approximate surface area is 82.2 Å². The summed E-state index contributed by atoms with van der Waals surface area (Å²) in [4.78, 5) is 0.987. The van der Waals surface area contributed by atoms with Crippen LogP contribution in [-0.4, -0.2) is 20.2 Å². The fraction of sp³-hybridized carbons (Fsp3) is 0.333. The second-order valence-corrected chi connectivity index (χ2v) is 3.42. The van der Waals surface area contributed by atoms with Gasteiger partial charge < -0.3 is 15.2 Å². The Bertz CT molecular complexity index is 278. The minimum atomic E-state index is 0.595. The lowest BCUT2D eigenvalue weighted by atomic mass is 10.3. The van der Waals surface area contributed by atoms with Crippen LogP contribution in [0.2, 0.25) is 0 Å². The van der Waals surface area contributed by atoms with E-state index in [0.717, 1.165) is 16.3 Å². The Balaban J connectivity index is 2.78. The molecule has 0 aliphatic rings. The van der Waals surface area contributed by atoms with Crippen LogP contribution in [0.1, 0.15) is 0 Å². The zero-order chi connectivity index (χ0) is 9.68. The molecule has 0 amide bonds. The molecule has 1 aromatic rings. The lowest BCUT2D eigenvalue weighted by Gasteiger charge is -2.06. The van der Waals surface area contributed by atoms with Crippen molar-refractivity contribution in [1.82, 2.24) is 0 Å². The highest BCUT2D eigenvalue weighted by Crippen LogP contribution is 2.28. The number of ether oxygens (including phenoxy) is 2. The molecule has 1 aromatic carbocycles. The number of thioether (sulfide) groups is 1. The largest absolute Gasteiger partial charge is 0.497 e. The maximum absolute atomic E-state index is 5.75. The first-order valence-electron chi connectivity index (χ1n) is 3.83. The molecule has 0 radical (unpaired) electrons. The molecule has 2 N–H and O–H groups in total. The molecule has 0 saturated heterocycles. The molecule has 0 aliphatic heterocycles. The second-order valence-electron chi connectivity index (χ2n) is 2.45. The summed E-state index contributed by atoms with van der Waals surface area (Å²) in [6.07, 6.45) is 0.